The number of nitrogens with zero attached hydrogens (tertiary/aromatic N) is 3. The van der Waals surface area contributed by atoms with Gasteiger partial charge in [-0.25, -0.2) is 0 Å². The Hall–Kier alpha value is -1.48. The number of benzene rings is 1. The molecule has 2 aromatic rings. The molecule has 0 radical (unpaired) electrons. The van der Waals surface area contributed by atoms with E-state index in [2.05, 4.69) is 20.7 Å². The molecule has 0 amide bonds. The molecule has 0 saturated carbocycles. The van der Waals surface area contributed by atoms with E-state index in [-0.39, 0.29) is 26.6 Å². The van der Waals surface area contributed by atoms with Crippen LogP contribution >= 0.6 is 23.2 Å². The van der Waals surface area contributed by atoms with Crippen molar-refractivity contribution in [2.24, 2.45) is 0 Å². The zero-order valence-corrected chi connectivity index (χ0v) is 11.4. The highest BCUT2D eigenvalue weighted by Crippen LogP contribution is 2.31. The summed E-state index contributed by atoms with van der Waals surface area (Å²) >= 11 is 11.5. The number of hydrogen-bond donors (Lipinski definition) is 2. The minimum Gasteiger partial charge on any atom is -0.349 e. The second-order valence-electron chi connectivity index (χ2n) is 3.34. The van der Waals surface area contributed by atoms with Crippen molar-refractivity contribution in [1.82, 2.24) is 15.4 Å². The number of rotatable bonds is 3. The summed E-state index contributed by atoms with van der Waals surface area (Å²) in [6.07, 6.45) is 0. The Kier molecular flexibility index (Phi) is 3.85. The van der Waals surface area contributed by atoms with Crippen molar-refractivity contribution in [1.29, 1.82) is 0 Å². The summed E-state index contributed by atoms with van der Waals surface area (Å²) in [4.78, 5) is -0.320. The van der Waals surface area contributed by atoms with Crippen molar-refractivity contribution in [2.75, 3.05) is 5.32 Å². The van der Waals surface area contributed by atoms with E-state index >= 15 is 0 Å². The van der Waals surface area contributed by atoms with Gasteiger partial charge in [0.1, 0.15) is 10.6 Å². The van der Waals surface area contributed by atoms with E-state index in [0.29, 0.717) is 0 Å². The summed E-state index contributed by atoms with van der Waals surface area (Å²) in [6.45, 7) is 0. The molecule has 0 atom stereocenters. The van der Waals surface area contributed by atoms with Gasteiger partial charge < -0.3 is 5.32 Å². The van der Waals surface area contributed by atoms with Crippen LogP contribution in [0, 0.1) is 0 Å². The van der Waals surface area contributed by atoms with Crippen LogP contribution in [0.25, 0.3) is 0 Å². The highest BCUT2D eigenvalue weighted by molar-refractivity contribution is 7.86. The van der Waals surface area contributed by atoms with E-state index in [0.717, 1.165) is 0 Å². The molecule has 0 aliphatic rings. The van der Waals surface area contributed by atoms with E-state index in [1.807, 2.05) is 0 Å². The fourth-order valence-corrected chi connectivity index (χ4v) is 2.36. The van der Waals surface area contributed by atoms with Gasteiger partial charge in [0.25, 0.3) is 10.1 Å². The van der Waals surface area contributed by atoms with Crippen molar-refractivity contribution in [3.05, 3.63) is 34.6 Å². The fraction of sp³-hybridized carbons (Fsp3) is 0. The van der Waals surface area contributed by atoms with Crippen molar-refractivity contribution in [2.45, 2.75) is 4.90 Å². The lowest BCUT2D eigenvalue weighted by molar-refractivity contribution is 0.483. The van der Waals surface area contributed by atoms with E-state index in [1.54, 1.807) is 6.07 Å². The summed E-state index contributed by atoms with van der Waals surface area (Å²) < 4.78 is 31.5. The van der Waals surface area contributed by atoms with Crippen LogP contribution in [0.5, 0.6) is 0 Å². The summed E-state index contributed by atoms with van der Waals surface area (Å²) in [5.74, 6) is 0. The molecular weight excluding hydrogens is 315 g/mol. The first kappa shape index (κ1) is 13.9. The van der Waals surface area contributed by atoms with E-state index in [9.17, 15) is 8.42 Å². The number of halogens is 2. The highest BCUT2D eigenvalue weighted by Gasteiger charge is 2.17. The van der Waals surface area contributed by atoms with Crippen LogP contribution < -0.4 is 5.32 Å². The first-order valence-electron chi connectivity index (χ1n) is 4.77. The molecule has 0 spiro atoms. The van der Waals surface area contributed by atoms with E-state index in [1.165, 1.54) is 18.2 Å². The third-order valence-corrected chi connectivity index (χ3v) is 3.54. The third-order valence-electron chi connectivity index (χ3n) is 2.10. The maximum absolute atomic E-state index is 11.2. The summed E-state index contributed by atoms with van der Waals surface area (Å²) in [5, 5.41) is 12.7. The monoisotopic (exact) mass is 320 g/mol. The van der Waals surface area contributed by atoms with Crippen LogP contribution in [0.15, 0.2) is 29.2 Å². The summed E-state index contributed by atoms with van der Waals surface area (Å²) in [7, 11) is -4.38. The van der Waals surface area contributed by atoms with Crippen molar-refractivity contribution in [3.8, 4) is 0 Å². The number of aromatic nitrogens is 3. The molecule has 100 valence electrons. The van der Waals surface area contributed by atoms with Gasteiger partial charge in [-0.1, -0.05) is 35.3 Å². The fourth-order valence-electron chi connectivity index (χ4n) is 1.32. The Morgan fingerprint density at radius 2 is 1.68 bits per heavy atom. The van der Waals surface area contributed by atoms with Crippen LogP contribution in [0.4, 0.5) is 11.4 Å². The van der Waals surface area contributed by atoms with Crippen LogP contribution in [-0.2, 0) is 10.1 Å². The number of nitrogens with one attached hydrogen (secondary N) is 1. The average molecular weight is 321 g/mol. The van der Waals surface area contributed by atoms with Gasteiger partial charge in [0.05, 0.1) is 5.69 Å². The Labute approximate surface area is 118 Å². The van der Waals surface area contributed by atoms with Gasteiger partial charge in [-0.2, -0.15) is 8.42 Å². The quantitative estimate of drug-likeness (QED) is 0.835. The van der Waals surface area contributed by atoms with Gasteiger partial charge in [-0.15, -0.1) is 10.2 Å². The predicted octanol–water partition coefficient (Wildman–Crippen LogP) is 2.17. The van der Waals surface area contributed by atoms with E-state index < -0.39 is 10.1 Å². The van der Waals surface area contributed by atoms with Crippen molar-refractivity contribution >= 4 is 44.7 Å². The average Bonchev–Trinajstić information content (AvgIpc) is 2.33. The zero-order valence-electron chi connectivity index (χ0n) is 9.08. The van der Waals surface area contributed by atoms with Gasteiger partial charge in [-0.3, -0.25) is 4.55 Å². The summed E-state index contributed by atoms with van der Waals surface area (Å²) in [6, 6.07) is 5.68. The van der Waals surface area contributed by atoms with Crippen LogP contribution in [-0.4, -0.2) is 28.4 Å². The standard InChI is InChI=1S/C9H6Cl2N4O3S/c10-8-7(9(11)14-15-13-8)12-5-3-1-2-4-6(5)19(16,17)18/h1-4H,(H,12,15)(H,16,17,18). The zero-order chi connectivity index (χ0) is 14.0. The molecule has 0 fully saturated rings. The van der Waals surface area contributed by atoms with Gasteiger partial charge in [0.2, 0.25) is 0 Å². The molecule has 1 aromatic carbocycles. The largest absolute Gasteiger partial charge is 0.349 e. The topological polar surface area (TPSA) is 105 Å². The Morgan fingerprint density at radius 1 is 1.11 bits per heavy atom. The Balaban J connectivity index is 2.51. The second kappa shape index (κ2) is 5.25. The molecule has 0 aliphatic carbocycles. The van der Waals surface area contributed by atoms with Crippen LogP contribution in [0.1, 0.15) is 0 Å². The Bertz CT molecular complexity index is 703. The number of anilines is 2. The van der Waals surface area contributed by atoms with Crippen molar-refractivity contribution in [3.63, 3.8) is 0 Å². The molecule has 0 saturated heterocycles. The molecule has 0 aliphatic heterocycles. The SMILES string of the molecule is O=S(=O)(O)c1ccccc1Nc1c(Cl)nnnc1Cl. The summed E-state index contributed by atoms with van der Waals surface area (Å²) in [5.41, 5.74) is 0.179. The molecule has 2 rings (SSSR count). The smallest absolute Gasteiger partial charge is 0.296 e. The van der Waals surface area contributed by atoms with Crippen molar-refractivity contribution < 1.29 is 13.0 Å². The van der Waals surface area contributed by atoms with Gasteiger partial charge >= 0.3 is 0 Å². The lowest BCUT2D eigenvalue weighted by atomic mass is 10.3. The molecule has 0 bridgehead atoms. The molecule has 1 aromatic heterocycles. The lowest BCUT2D eigenvalue weighted by Gasteiger charge is -2.10. The molecular formula is C9H6Cl2N4O3S. The minimum atomic E-state index is -4.38. The number of hydrogen-bond acceptors (Lipinski definition) is 6. The Morgan fingerprint density at radius 3 is 2.26 bits per heavy atom. The second-order valence-corrected chi connectivity index (χ2v) is 5.45. The molecule has 1 heterocycles. The number of para-hydroxylation sites is 1. The molecule has 0 unspecified atom stereocenters. The molecule has 10 heteroatoms. The third kappa shape index (κ3) is 3.10. The first-order valence-corrected chi connectivity index (χ1v) is 6.97. The molecule has 2 N–H and O–H groups in total. The van der Waals surface area contributed by atoms with Crippen LogP contribution in [0.3, 0.4) is 0 Å². The van der Waals surface area contributed by atoms with Crippen LogP contribution in [0.2, 0.25) is 10.3 Å². The molecule has 19 heavy (non-hydrogen) atoms. The van der Waals surface area contributed by atoms with Gasteiger partial charge in [0, 0.05) is 0 Å². The predicted molar refractivity (Wildman–Crippen MR) is 69.4 cm³/mol. The highest BCUT2D eigenvalue weighted by atomic mass is 35.5. The normalized spacial score (nSPS) is 11.3. The minimum absolute atomic E-state index is 0.0786. The lowest BCUT2D eigenvalue weighted by Crippen LogP contribution is -2.05. The van der Waals surface area contributed by atoms with Gasteiger partial charge in [-0.05, 0) is 17.3 Å². The maximum atomic E-state index is 11.2. The van der Waals surface area contributed by atoms with Gasteiger partial charge in [0.15, 0.2) is 10.3 Å². The van der Waals surface area contributed by atoms with E-state index in [4.69, 9.17) is 27.8 Å². The maximum Gasteiger partial charge on any atom is 0.296 e. The first-order chi connectivity index (χ1) is 8.89. The molecule has 7 nitrogen and oxygen atoms in total.